The van der Waals surface area contributed by atoms with Crippen molar-refractivity contribution < 1.29 is 52.8 Å². The fourth-order valence-electron chi connectivity index (χ4n) is 5.14. The molecule has 2 aliphatic heterocycles. The smallest absolute Gasteiger partial charge is 0.288 e. The van der Waals surface area contributed by atoms with Crippen molar-refractivity contribution in [3.63, 3.8) is 0 Å². The molecule has 0 aromatic heterocycles. The van der Waals surface area contributed by atoms with Gasteiger partial charge in [0.15, 0.2) is 5.78 Å². The number of alkyl halides is 6. The summed E-state index contributed by atoms with van der Waals surface area (Å²) in [4.78, 5) is 21.4. The number of sulfone groups is 2. The van der Waals surface area contributed by atoms with Gasteiger partial charge in [-0.2, -0.15) is 26.3 Å². The molecule has 15 heteroatoms. The highest BCUT2D eigenvalue weighted by atomic mass is 35.5. The first-order chi connectivity index (χ1) is 16.2. The SMILES string of the molecule is CCC1(C)Cc2c(C(=O)c3c(C(F)(F)F)cc(C(=O)Cl)c4c3S4(=O)=O)c3c(c1c2C(F)(F)F)S3(=O)=O. The first-order valence-corrected chi connectivity index (χ1v) is 13.4. The number of hydrogen-bond acceptors (Lipinski definition) is 6. The van der Waals surface area contributed by atoms with Crippen molar-refractivity contribution >= 4 is 42.3 Å². The summed E-state index contributed by atoms with van der Waals surface area (Å²) < 4.78 is 134. The number of halogens is 7. The topological polar surface area (TPSA) is 102 Å². The second kappa shape index (κ2) is 6.70. The van der Waals surface area contributed by atoms with E-state index in [9.17, 15) is 52.8 Å². The van der Waals surface area contributed by atoms with Crippen LogP contribution in [0.25, 0.3) is 0 Å². The normalized spacial score (nSPS) is 22.1. The Kier molecular flexibility index (Phi) is 4.69. The van der Waals surface area contributed by atoms with Gasteiger partial charge in [0.1, 0.15) is 14.7 Å². The van der Waals surface area contributed by atoms with Crippen LogP contribution in [-0.4, -0.2) is 27.9 Å². The lowest BCUT2D eigenvalue weighted by Crippen LogP contribution is -2.21. The molecule has 2 aromatic rings. The van der Waals surface area contributed by atoms with Crippen molar-refractivity contribution in [2.24, 2.45) is 0 Å². The molecule has 0 fully saturated rings. The molecule has 5 rings (SSSR count). The van der Waals surface area contributed by atoms with Gasteiger partial charge in [-0.05, 0) is 47.1 Å². The molecular weight excluding hydrogens is 562 g/mol. The molecule has 0 saturated heterocycles. The quantitative estimate of drug-likeness (QED) is 0.150. The summed E-state index contributed by atoms with van der Waals surface area (Å²) in [5.41, 5.74) is -9.78. The second-order valence-corrected chi connectivity index (χ2v) is 13.0. The Hall–Kier alpha value is -2.45. The number of carbonyl (C=O) groups is 2. The van der Waals surface area contributed by atoms with E-state index >= 15 is 0 Å². The van der Waals surface area contributed by atoms with Crippen LogP contribution >= 0.6 is 11.6 Å². The summed E-state index contributed by atoms with van der Waals surface area (Å²) >= 11 is 5.22. The van der Waals surface area contributed by atoms with Gasteiger partial charge < -0.3 is 0 Å². The summed E-state index contributed by atoms with van der Waals surface area (Å²) in [7, 11) is -9.26. The Morgan fingerprint density at radius 3 is 1.92 bits per heavy atom. The molecule has 6 nitrogen and oxygen atoms in total. The highest BCUT2D eigenvalue weighted by molar-refractivity contribution is 7.97. The minimum absolute atomic E-state index is 0.0172. The lowest BCUT2D eigenvalue weighted by Gasteiger charge is -2.23. The fourth-order valence-corrected chi connectivity index (χ4v) is 8.95. The number of carbonyl (C=O) groups excluding carboxylic acids is 2. The van der Waals surface area contributed by atoms with Crippen LogP contribution in [0.1, 0.15) is 68.8 Å². The zero-order valence-corrected chi connectivity index (χ0v) is 20.3. The van der Waals surface area contributed by atoms with Crippen molar-refractivity contribution in [1.29, 1.82) is 0 Å². The summed E-state index contributed by atoms with van der Waals surface area (Å²) in [6.45, 7) is 2.84. The molecule has 1 aliphatic carbocycles. The lowest BCUT2D eigenvalue weighted by molar-refractivity contribution is -0.139. The van der Waals surface area contributed by atoms with Crippen LogP contribution in [0, 0.1) is 0 Å². The van der Waals surface area contributed by atoms with Crippen LogP contribution in [0.4, 0.5) is 26.3 Å². The minimum atomic E-state index is -5.44. The minimum Gasteiger partial charge on any atom is -0.288 e. The van der Waals surface area contributed by atoms with E-state index in [0.29, 0.717) is 0 Å². The maximum Gasteiger partial charge on any atom is 0.417 e. The van der Waals surface area contributed by atoms with E-state index in [0.717, 1.165) is 0 Å². The van der Waals surface area contributed by atoms with Gasteiger partial charge in [-0.25, -0.2) is 16.8 Å². The van der Waals surface area contributed by atoms with Crippen molar-refractivity contribution in [1.82, 2.24) is 0 Å². The van der Waals surface area contributed by atoms with Crippen LogP contribution in [-0.2, 0) is 43.9 Å². The average Bonchev–Trinajstić information content (AvgIpc) is 3.46. The molecule has 36 heavy (non-hydrogen) atoms. The lowest BCUT2D eigenvalue weighted by atomic mass is 9.81. The van der Waals surface area contributed by atoms with Crippen molar-refractivity contribution in [2.75, 3.05) is 0 Å². The maximum atomic E-state index is 14.1. The van der Waals surface area contributed by atoms with Crippen LogP contribution < -0.4 is 0 Å². The van der Waals surface area contributed by atoms with E-state index in [1.807, 2.05) is 0 Å². The van der Waals surface area contributed by atoms with E-state index < -0.39 is 113 Å². The summed E-state index contributed by atoms with van der Waals surface area (Å²) in [6.07, 6.45) is -11.1. The Morgan fingerprint density at radius 1 is 0.917 bits per heavy atom. The molecule has 1 atom stereocenters. The largest absolute Gasteiger partial charge is 0.417 e. The molecule has 2 bridgehead atoms. The molecule has 0 amide bonds. The molecule has 0 spiro atoms. The van der Waals surface area contributed by atoms with Gasteiger partial charge in [0, 0.05) is 5.56 Å². The molecule has 0 N–H and O–H groups in total. The summed E-state index contributed by atoms with van der Waals surface area (Å²) in [5, 5.41) is -1.56. The van der Waals surface area contributed by atoms with E-state index in [2.05, 4.69) is 0 Å². The summed E-state index contributed by atoms with van der Waals surface area (Å²) in [5.74, 6) is -1.84. The number of benzene rings is 2. The van der Waals surface area contributed by atoms with Crippen molar-refractivity contribution in [3.05, 3.63) is 45.0 Å². The van der Waals surface area contributed by atoms with Gasteiger partial charge in [-0.1, -0.05) is 13.8 Å². The summed E-state index contributed by atoms with van der Waals surface area (Å²) in [6, 6.07) is 0.0352. The Bertz CT molecular complexity index is 1700. The molecular formula is C21H11ClF6O6S2. The van der Waals surface area contributed by atoms with Crippen LogP contribution in [0.5, 0.6) is 0 Å². The molecule has 1 unspecified atom stereocenters. The van der Waals surface area contributed by atoms with E-state index in [1.165, 1.54) is 13.8 Å². The molecule has 0 saturated carbocycles. The molecule has 192 valence electrons. The highest BCUT2D eigenvalue weighted by Gasteiger charge is 2.61. The number of hydrogen-bond donors (Lipinski definition) is 0. The number of ketones is 1. The van der Waals surface area contributed by atoms with Gasteiger partial charge >= 0.3 is 12.4 Å². The van der Waals surface area contributed by atoms with E-state index in [-0.39, 0.29) is 12.5 Å². The second-order valence-electron chi connectivity index (χ2n) is 8.96. The van der Waals surface area contributed by atoms with Crippen LogP contribution in [0.15, 0.2) is 25.6 Å². The number of rotatable bonds is 4. The number of fused-ring (bicyclic) bond motifs is 5. The third-order valence-electron chi connectivity index (χ3n) is 6.95. The van der Waals surface area contributed by atoms with E-state index in [1.54, 1.807) is 0 Å². The van der Waals surface area contributed by atoms with Crippen molar-refractivity contribution in [3.8, 4) is 0 Å². The Balaban J connectivity index is 1.90. The van der Waals surface area contributed by atoms with Gasteiger partial charge in [-0.3, -0.25) is 9.59 Å². The predicted molar refractivity (Wildman–Crippen MR) is 109 cm³/mol. The standard InChI is InChI=1S/C21H11ClF6O6S2/c1-3-19(2)5-7-9(15-17(36(15,33)34)12(19)11(7)21(26,27)28)13(29)10-8(20(23,24)25)4-6(18(22)30)14-16(10)35(14,31)32/h4H,3,5H2,1-2H3. The maximum absolute atomic E-state index is 14.1. The monoisotopic (exact) mass is 572 g/mol. The molecule has 2 aromatic carbocycles. The first kappa shape index (κ1) is 25.2. The van der Waals surface area contributed by atoms with Gasteiger partial charge in [0.25, 0.3) is 5.24 Å². The zero-order chi connectivity index (χ0) is 27.1. The third-order valence-corrected chi connectivity index (χ3v) is 10.5. The Labute approximate surface area is 204 Å². The highest BCUT2D eigenvalue weighted by Crippen LogP contribution is 2.62. The molecule has 2 heterocycles. The third kappa shape index (κ3) is 2.97. The zero-order valence-electron chi connectivity index (χ0n) is 17.9. The average molecular weight is 573 g/mol. The van der Waals surface area contributed by atoms with Gasteiger partial charge in [-0.15, -0.1) is 0 Å². The van der Waals surface area contributed by atoms with Gasteiger partial charge in [0.2, 0.25) is 19.7 Å². The van der Waals surface area contributed by atoms with Crippen LogP contribution in [0.2, 0.25) is 0 Å². The predicted octanol–water partition coefficient (Wildman–Crippen LogP) is 4.85. The molecule has 3 aliphatic rings. The Morgan fingerprint density at radius 2 is 1.44 bits per heavy atom. The fraction of sp³-hybridized carbons (Fsp3) is 0.333. The van der Waals surface area contributed by atoms with Crippen molar-refractivity contribution in [2.45, 2.75) is 64.0 Å². The molecule has 0 radical (unpaired) electrons. The van der Waals surface area contributed by atoms with Crippen LogP contribution in [0.3, 0.4) is 0 Å². The first-order valence-electron chi connectivity index (χ1n) is 10.1. The van der Waals surface area contributed by atoms with Gasteiger partial charge in [0.05, 0.1) is 27.1 Å². The van der Waals surface area contributed by atoms with E-state index in [4.69, 9.17) is 11.6 Å².